The van der Waals surface area contributed by atoms with E-state index in [0.29, 0.717) is 22.2 Å². The molecule has 2 aromatic carbocycles. The predicted octanol–water partition coefficient (Wildman–Crippen LogP) is 3.48. The molecular formula is C19H21ClN2O4. The first-order valence-electron chi connectivity index (χ1n) is 7.95. The summed E-state index contributed by atoms with van der Waals surface area (Å²) in [5.41, 5.74) is 2.06. The fourth-order valence-corrected chi connectivity index (χ4v) is 2.70. The summed E-state index contributed by atoms with van der Waals surface area (Å²) in [6.07, 6.45) is 0. The molecule has 0 bridgehead atoms. The summed E-state index contributed by atoms with van der Waals surface area (Å²) in [6, 6.07) is 9.96. The molecule has 2 rings (SSSR count). The van der Waals surface area contributed by atoms with Crippen LogP contribution in [0.1, 0.15) is 24.1 Å². The van der Waals surface area contributed by atoms with Crippen molar-refractivity contribution in [3.63, 3.8) is 0 Å². The second kappa shape index (κ2) is 8.58. The Hall–Kier alpha value is -2.73. The summed E-state index contributed by atoms with van der Waals surface area (Å²) >= 11 is 6.07. The van der Waals surface area contributed by atoms with E-state index in [2.05, 4.69) is 10.6 Å². The number of hydrogen-bond donors (Lipinski definition) is 2. The predicted molar refractivity (Wildman–Crippen MR) is 101 cm³/mol. The number of nitrogens with one attached hydrogen (secondary N) is 2. The van der Waals surface area contributed by atoms with Crippen molar-refractivity contribution >= 4 is 29.1 Å². The summed E-state index contributed by atoms with van der Waals surface area (Å²) in [6.45, 7) is 3.64. The Morgan fingerprint density at radius 3 is 2.38 bits per heavy atom. The molecule has 6 nitrogen and oxygen atoms in total. The molecule has 2 aromatic rings. The molecule has 2 N–H and O–H groups in total. The summed E-state index contributed by atoms with van der Waals surface area (Å²) < 4.78 is 10.5. The van der Waals surface area contributed by atoms with Crippen molar-refractivity contribution in [1.29, 1.82) is 0 Å². The number of methoxy groups -OCH3 is 2. The minimum Gasteiger partial charge on any atom is -0.497 e. The van der Waals surface area contributed by atoms with Crippen LogP contribution in [0.3, 0.4) is 0 Å². The van der Waals surface area contributed by atoms with Crippen LogP contribution in [-0.2, 0) is 9.59 Å². The highest BCUT2D eigenvalue weighted by Crippen LogP contribution is 2.29. The highest BCUT2D eigenvalue weighted by Gasteiger charge is 2.20. The van der Waals surface area contributed by atoms with E-state index in [1.54, 1.807) is 50.4 Å². The van der Waals surface area contributed by atoms with E-state index in [1.807, 2.05) is 6.92 Å². The molecule has 7 heteroatoms. The van der Waals surface area contributed by atoms with Gasteiger partial charge in [0.15, 0.2) is 0 Å². The van der Waals surface area contributed by atoms with Gasteiger partial charge in [0, 0.05) is 11.6 Å². The van der Waals surface area contributed by atoms with Gasteiger partial charge in [-0.1, -0.05) is 17.7 Å². The van der Waals surface area contributed by atoms with E-state index in [0.717, 1.165) is 11.1 Å². The smallest absolute Gasteiger partial charge is 0.313 e. The monoisotopic (exact) mass is 376 g/mol. The van der Waals surface area contributed by atoms with E-state index in [9.17, 15) is 9.59 Å². The van der Waals surface area contributed by atoms with Gasteiger partial charge < -0.3 is 20.1 Å². The van der Waals surface area contributed by atoms with Crippen molar-refractivity contribution in [2.24, 2.45) is 0 Å². The van der Waals surface area contributed by atoms with Crippen LogP contribution in [0.4, 0.5) is 5.69 Å². The van der Waals surface area contributed by atoms with Gasteiger partial charge >= 0.3 is 11.8 Å². The summed E-state index contributed by atoms with van der Waals surface area (Å²) in [4.78, 5) is 24.3. The molecule has 1 atom stereocenters. The van der Waals surface area contributed by atoms with Crippen molar-refractivity contribution in [3.8, 4) is 11.5 Å². The summed E-state index contributed by atoms with van der Waals surface area (Å²) in [5.74, 6) is -0.378. The number of rotatable bonds is 5. The lowest BCUT2D eigenvalue weighted by Gasteiger charge is -2.18. The van der Waals surface area contributed by atoms with Gasteiger partial charge in [0.05, 0.1) is 31.0 Å². The average molecular weight is 377 g/mol. The van der Waals surface area contributed by atoms with Crippen molar-refractivity contribution in [2.45, 2.75) is 19.9 Å². The fourth-order valence-electron chi connectivity index (χ4n) is 2.42. The molecule has 0 heterocycles. The largest absolute Gasteiger partial charge is 0.497 e. The molecule has 138 valence electrons. The maximum atomic E-state index is 12.2. The van der Waals surface area contributed by atoms with Gasteiger partial charge in [0.25, 0.3) is 0 Å². The zero-order valence-electron chi connectivity index (χ0n) is 15.1. The minimum atomic E-state index is -0.796. The average Bonchev–Trinajstić information content (AvgIpc) is 2.63. The number of carbonyl (C=O) groups excluding carboxylic acids is 2. The summed E-state index contributed by atoms with van der Waals surface area (Å²) in [5, 5.41) is 5.52. The first-order chi connectivity index (χ1) is 12.3. The molecule has 0 saturated heterocycles. The maximum Gasteiger partial charge on any atom is 0.313 e. The molecule has 0 aromatic heterocycles. The van der Waals surface area contributed by atoms with E-state index in [1.165, 1.54) is 7.11 Å². The Morgan fingerprint density at radius 2 is 1.77 bits per heavy atom. The first-order valence-corrected chi connectivity index (χ1v) is 8.33. The molecule has 2 amide bonds. The van der Waals surface area contributed by atoms with Crippen LogP contribution in [0.15, 0.2) is 36.4 Å². The lowest BCUT2D eigenvalue weighted by Crippen LogP contribution is -2.37. The van der Waals surface area contributed by atoms with Gasteiger partial charge in [-0.3, -0.25) is 9.59 Å². The molecule has 0 fully saturated rings. The van der Waals surface area contributed by atoms with Crippen molar-refractivity contribution in [1.82, 2.24) is 5.32 Å². The zero-order chi connectivity index (χ0) is 19.3. The van der Waals surface area contributed by atoms with Crippen LogP contribution in [-0.4, -0.2) is 26.0 Å². The van der Waals surface area contributed by atoms with Gasteiger partial charge in [0.1, 0.15) is 11.5 Å². The molecule has 0 saturated carbocycles. The fraction of sp³-hybridized carbons (Fsp3) is 0.263. The molecule has 0 aliphatic rings. The van der Waals surface area contributed by atoms with Crippen molar-refractivity contribution in [3.05, 3.63) is 52.5 Å². The third kappa shape index (κ3) is 4.67. The number of carbonyl (C=O) groups is 2. The molecule has 0 radical (unpaired) electrons. The van der Waals surface area contributed by atoms with Gasteiger partial charge in [-0.05, 0) is 43.7 Å². The number of amides is 2. The van der Waals surface area contributed by atoms with E-state index >= 15 is 0 Å². The molecule has 26 heavy (non-hydrogen) atoms. The minimum absolute atomic E-state index is 0.371. The third-order valence-corrected chi connectivity index (χ3v) is 4.15. The second-order valence-corrected chi connectivity index (χ2v) is 6.15. The van der Waals surface area contributed by atoms with Gasteiger partial charge in [0.2, 0.25) is 0 Å². The lowest BCUT2D eigenvalue weighted by molar-refractivity contribution is -0.136. The van der Waals surface area contributed by atoms with Gasteiger partial charge in [-0.15, -0.1) is 0 Å². The molecule has 0 spiro atoms. The quantitative estimate of drug-likeness (QED) is 0.783. The van der Waals surface area contributed by atoms with Crippen LogP contribution >= 0.6 is 11.6 Å². The second-order valence-electron chi connectivity index (χ2n) is 5.74. The van der Waals surface area contributed by atoms with Crippen LogP contribution in [0, 0.1) is 6.92 Å². The topological polar surface area (TPSA) is 76.7 Å². The Balaban J connectivity index is 2.07. The lowest BCUT2D eigenvalue weighted by atomic mass is 10.1. The van der Waals surface area contributed by atoms with E-state index < -0.39 is 17.9 Å². The normalized spacial score (nSPS) is 11.4. The highest BCUT2D eigenvalue weighted by atomic mass is 35.5. The number of anilines is 1. The van der Waals surface area contributed by atoms with E-state index in [4.69, 9.17) is 21.1 Å². The molecule has 0 aliphatic heterocycles. The Morgan fingerprint density at radius 1 is 1.04 bits per heavy atom. The first kappa shape index (κ1) is 19.6. The standard InChI is InChI=1S/C19H21ClN2O4/c1-11-5-8-16(15(20)9-11)22-19(24)18(23)21-12(2)14-7-6-13(25-3)10-17(14)26-4/h5-10,12H,1-4H3,(H,21,23)(H,22,24)/t12-/m0/s1. The number of ether oxygens (including phenoxy) is 2. The van der Waals surface area contributed by atoms with Gasteiger partial charge in [-0.25, -0.2) is 0 Å². The summed E-state index contributed by atoms with van der Waals surface area (Å²) in [7, 11) is 3.08. The van der Waals surface area contributed by atoms with Crippen LogP contribution < -0.4 is 20.1 Å². The number of benzene rings is 2. The van der Waals surface area contributed by atoms with Crippen molar-refractivity contribution < 1.29 is 19.1 Å². The van der Waals surface area contributed by atoms with Crippen molar-refractivity contribution in [2.75, 3.05) is 19.5 Å². The molecule has 0 unspecified atom stereocenters. The number of hydrogen-bond acceptors (Lipinski definition) is 4. The van der Waals surface area contributed by atoms with Crippen LogP contribution in [0.5, 0.6) is 11.5 Å². The highest BCUT2D eigenvalue weighted by molar-refractivity contribution is 6.41. The van der Waals surface area contributed by atoms with Crippen LogP contribution in [0.2, 0.25) is 5.02 Å². The third-order valence-electron chi connectivity index (χ3n) is 3.83. The number of aryl methyl sites for hydroxylation is 1. The van der Waals surface area contributed by atoms with Gasteiger partial charge in [-0.2, -0.15) is 0 Å². The van der Waals surface area contributed by atoms with E-state index in [-0.39, 0.29) is 0 Å². The SMILES string of the molecule is COc1ccc([C@H](C)NC(=O)C(=O)Nc2ccc(C)cc2Cl)c(OC)c1. The Kier molecular flexibility index (Phi) is 6.46. The number of halogens is 1. The maximum absolute atomic E-state index is 12.2. The van der Waals surface area contributed by atoms with Crippen LogP contribution in [0.25, 0.3) is 0 Å². The Bertz CT molecular complexity index is 823. The Labute approximate surface area is 157 Å². The zero-order valence-corrected chi connectivity index (χ0v) is 15.8. The molecule has 0 aliphatic carbocycles. The molecular weight excluding hydrogens is 356 g/mol.